The number of anilines is 1. The Morgan fingerprint density at radius 1 is 1.53 bits per heavy atom. The van der Waals surface area contributed by atoms with Crippen LogP contribution in [0, 0.1) is 13.8 Å². The molecule has 2 heterocycles. The number of nitrogen functional groups attached to an aromatic ring is 1. The van der Waals surface area contributed by atoms with E-state index in [1.807, 2.05) is 6.92 Å². The number of rotatable bonds is 2. The van der Waals surface area contributed by atoms with E-state index in [-0.39, 0.29) is 0 Å². The van der Waals surface area contributed by atoms with E-state index in [2.05, 4.69) is 23.5 Å². The summed E-state index contributed by atoms with van der Waals surface area (Å²) in [5.41, 5.74) is 7.89. The van der Waals surface area contributed by atoms with Crippen LogP contribution in [0.3, 0.4) is 0 Å². The largest absolute Gasteiger partial charge is 0.383 e. The van der Waals surface area contributed by atoms with Gasteiger partial charge in [-0.15, -0.1) is 11.3 Å². The molecule has 0 atom stereocenters. The minimum absolute atomic E-state index is 0.543. The molecule has 15 heavy (non-hydrogen) atoms. The van der Waals surface area contributed by atoms with E-state index in [4.69, 9.17) is 17.3 Å². The summed E-state index contributed by atoms with van der Waals surface area (Å²) in [7, 11) is 0. The number of aryl methyl sites for hydroxylation is 2. The Morgan fingerprint density at radius 3 is 2.73 bits per heavy atom. The molecule has 80 valence electrons. The lowest BCUT2D eigenvalue weighted by molar-refractivity contribution is 0.695. The van der Waals surface area contributed by atoms with E-state index in [1.165, 1.54) is 10.4 Å². The van der Waals surface area contributed by atoms with E-state index < -0.39 is 0 Å². The van der Waals surface area contributed by atoms with Crippen molar-refractivity contribution in [1.29, 1.82) is 0 Å². The number of nitrogens with zero attached hydrogens (tertiary/aromatic N) is 2. The van der Waals surface area contributed by atoms with Crippen molar-refractivity contribution < 1.29 is 0 Å². The molecule has 2 N–H and O–H groups in total. The second-order valence-corrected chi connectivity index (χ2v) is 4.85. The van der Waals surface area contributed by atoms with E-state index in [9.17, 15) is 0 Å². The first-order chi connectivity index (χ1) is 7.09. The van der Waals surface area contributed by atoms with Crippen LogP contribution in [0.1, 0.15) is 16.1 Å². The van der Waals surface area contributed by atoms with Crippen LogP contribution >= 0.6 is 22.9 Å². The zero-order chi connectivity index (χ0) is 11.0. The van der Waals surface area contributed by atoms with E-state index in [1.54, 1.807) is 16.0 Å². The molecule has 2 aromatic heterocycles. The molecule has 2 aromatic rings. The summed E-state index contributed by atoms with van der Waals surface area (Å²) >= 11 is 7.68. The summed E-state index contributed by atoms with van der Waals surface area (Å²) in [5.74, 6) is 0.543. The van der Waals surface area contributed by atoms with Gasteiger partial charge >= 0.3 is 0 Å². The third-order valence-corrected chi connectivity index (χ3v) is 3.83. The number of hydrogen-bond donors (Lipinski definition) is 1. The minimum atomic E-state index is 0.543. The average molecular weight is 242 g/mol. The van der Waals surface area contributed by atoms with Gasteiger partial charge in [-0.2, -0.15) is 5.10 Å². The Balaban J connectivity index is 2.33. The predicted molar refractivity (Wildman–Crippen MR) is 64.5 cm³/mol. The van der Waals surface area contributed by atoms with Gasteiger partial charge in [-0.25, -0.2) is 4.68 Å². The summed E-state index contributed by atoms with van der Waals surface area (Å²) in [6.45, 7) is 4.64. The number of hydrogen-bond acceptors (Lipinski definition) is 3. The van der Waals surface area contributed by atoms with Crippen LogP contribution in [-0.4, -0.2) is 9.78 Å². The Morgan fingerprint density at radius 2 is 2.27 bits per heavy atom. The average Bonchev–Trinajstić information content (AvgIpc) is 2.69. The zero-order valence-corrected chi connectivity index (χ0v) is 10.2. The summed E-state index contributed by atoms with van der Waals surface area (Å²) in [5, 5.41) is 6.92. The molecule has 0 saturated heterocycles. The maximum atomic E-state index is 5.97. The van der Waals surface area contributed by atoms with Gasteiger partial charge < -0.3 is 5.73 Å². The molecule has 0 aliphatic carbocycles. The molecule has 5 heteroatoms. The fourth-order valence-corrected chi connectivity index (χ4v) is 2.42. The fraction of sp³-hybridized carbons (Fsp3) is 0.300. The SMILES string of the molecule is Cc1ccsc1Cn1nc(C)c(Cl)c1N. The molecule has 0 aliphatic heterocycles. The van der Waals surface area contributed by atoms with Gasteiger partial charge in [0.2, 0.25) is 0 Å². The number of nitrogens with two attached hydrogens (primary N) is 1. The Bertz CT molecular complexity index is 487. The fourth-order valence-electron chi connectivity index (χ4n) is 1.40. The van der Waals surface area contributed by atoms with Crippen molar-refractivity contribution in [2.45, 2.75) is 20.4 Å². The van der Waals surface area contributed by atoms with Gasteiger partial charge in [0.15, 0.2) is 0 Å². The van der Waals surface area contributed by atoms with Gasteiger partial charge in [-0.1, -0.05) is 11.6 Å². The van der Waals surface area contributed by atoms with Crippen LogP contribution in [0.2, 0.25) is 5.02 Å². The quantitative estimate of drug-likeness (QED) is 0.879. The summed E-state index contributed by atoms with van der Waals surface area (Å²) < 4.78 is 1.75. The normalized spacial score (nSPS) is 10.9. The molecular formula is C10H12ClN3S. The maximum Gasteiger partial charge on any atom is 0.141 e. The molecule has 2 rings (SSSR count). The molecular weight excluding hydrogens is 230 g/mol. The third kappa shape index (κ3) is 1.87. The molecule has 0 amide bonds. The van der Waals surface area contributed by atoms with Gasteiger partial charge in [-0.05, 0) is 30.9 Å². The smallest absolute Gasteiger partial charge is 0.141 e. The highest BCUT2D eigenvalue weighted by Crippen LogP contribution is 2.24. The van der Waals surface area contributed by atoms with Crippen LogP contribution in [0.25, 0.3) is 0 Å². The molecule has 0 spiro atoms. The number of aromatic nitrogens is 2. The second kappa shape index (κ2) is 3.87. The highest BCUT2D eigenvalue weighted by molar-refractivity contribution is 7.10. The number of halogens is 1. The van der Waals surface area contributed by atoms with Gasteiger partial charge in [-0.3, -0.25) is 0 Å². The minimum Gasteiger partial charge on any atom is -0.383 e. The highest BCUT2D eigenvalue weighted by Gasteiger charge is 2.11. The summed E-state index contributed by atoms with van der Waals surface area (Å²) in [6, 6.07) is 2.09. The second-order valence-electron chi connectivity index (χ2n) is 3.47. The van der Waals surface area contributed by atoms with Crippen molar-refractivity contribution in [3.8, 4) is 0 Å². The molecule has 0 aliphatic rings. The van der Waals surface area contributed by atoms with Crippen molar-refractivity contribution in [2.75, 3.05) is 5.73 Å². The lowest BCUT2D eigenvalue weighted by Gasteiger charge is -2.02. The monoisotopic (exact) mass is 241 g/mol. The van der Waals surface area contributed by atoms with Crippen molar-refractivity contribution in [3.05, 3.63) is 32.6 Å². The first-order valence-corrected chi connectivity index (χ1v) is 5.86. The Kier molecular flexibility index (Phi) is 2.71. The first-order valence-electron chi connectivity index (χ1n) is 4.61. The molecule has 0 aromatic carbocycles. The molecule has 0 fully saturated rings. The topological polar surface area (TPSA) is 43.8 Å². The van der Waals surface area contributed by atoms with Crippen molar-refractivity contribution in [1.82, 2.24) is 9.78 Å². The lowest BCUT2D eigenvalue weighted by Crippen LogP contribution is -2.05. The van der Waals surface area contributed by atoms with E-state index in [0.717, 1.165) is 5.69 Å². The van der Waals surface area contributed by atoms with Crippen molar-refractivity contribution >= 4 is 28.8 Å². The van der Waals surface area contributed by atoms with E-state index >= 15 is 0 Å². The molecule has 3 nitrogen and oxygen atoms in total. The third-order valence-electron chi connectivity index (χ3n) is 2.35. The summed E-state index contributed by atoms with van der Waals surface area (Å²) in [6.07, 6.45) is 0. The Hall–Kier alpha value is -1.00. The van der Waals surface area contributed by atoms with Crippen LogP contribution in [0.5, 0.6) is 0 Å². The van der Waals surface area contributed by atoms with Gasteiger partial charge in [0.05, 0.1) is 12.2 Å². The first kappa shape index (κ1) is 10.5. The van der Waals surface area contributed by atoms with Gasteiger partial charge in [0, 0.05) is 4.88 Å². The lowest BCUT2D eigenvalue weighted by atomic mass is 10.3. The van der Waals surface area contributed by atoms with E-state index in [0.29, 0.717) is 17.4 Å². The standard InChI is InChI=1S/C10H12ClN3S/c1-6-3-4-15-8(6)5-14-10(12)9(11)7(2)13-14/h3-4H,5,12H2,1-2H3. The van der Waals surface area contributed by atoms with Gasteiger partial charge in [0.1, 0.15) is 10.8 Å². The van der Waals surface area contributed by atoms with Crippen molar-refractivity contribution in [3.63, 3.8) is 0 Å². The predicted octanol–water partition coefficient (Wildman–Crippen LogP) is 2.85. The maximum absolute atomic E-state index is 5.97. The van der Waals surface area contributed by atoms with Gasteiger partial charge in [0.25, 0.3) is 0 Å². The van der Waals surface area contributed by atoms with Crippen molar-refractivity contribution in [2.24, 2.45) is 0 Å². The van der Waals surface area contributed by atoms with Crippen LogP contribution in [-0.2, 0) is 6.54 Å². The Labute approximate surface area is 97.5 Å². The molecule has 0 bridgehead atoms. The summed E-state index contributed by atoms with van der Waals surface area (Å²) in [4.78, 5) is 1.26. The highest BCUT2D eigenvalue weighted by atomic mass is 35.5. The van der Waals surface area contributed by atoms with Crippen LogP contribution < -0.4 is 5.73 Å². The van der Waals surface area contributed by atoms with Crippen LogP contribution in [0.15, 0.2) is 11.4 Å². The molecule has 0 unspecified atom stereocenters. The zero-order valence-electron chi connectivity index (χ0n) is 8.62. The molecule has 0 saturated carbocycles. The number of thiophene rings is 1. The molecule has 0 radical (unpaired) electrons. The van der Waals surface area contributed by atoms with Crippen LogP contribution in [0.4, 0.5) is 5.82 Å².